The Bertz CT molecular complexity index is 680. The van der Waals surface area contributed by atoms with Crippen LogP contribution in [0.2, 0.25) is 0 Å². The molecule has 0 bridgehead atoms. The second-order valence-corrected chi connectivity index (χ2v) is 8.89. The summed E-state index contributed by atoms with van der Waals surface area (Å²) in [6.07, 6.45) is 0. The summed E-state index contributed by atoms with van der Waals surface area (Å²) in [7, 11) is 0. The number of carbonyl (C=O) groups excluding carboxylic acids is 1. The van der Waals surface area contributed by atoms with Crippen LogP contribution in [0.5, 0.6) is 0 Å². The third-order valence-corrected chi connectivity index (χ3v) is 6.41. The highest BCUT2D eigenvalue weighted by Crippen LogP contribution is 2.21. The van der Waals surface area contributed by atoms with Crippen molar-refractivity contribution in [2.75, 3.05) is 31.9 Å². The lowest BCUT2D eigenvalue weighted by Gasteiger charge is -2.35. The van der Waals surface area contributed by atoms with Crippen LogP contribution in [0.3, 0.4) is 0 Å². The van der Waals surface area contributed by atoms with E-state index in [1.165, 1.54) is 9.77 Å². The summed E-state index contributed by atoms with van der Waals surface area (Å²) in [6, 6.07) is 12.8. The van der Waals surface area contributed by atoms with Crippen LogP contribution in [-0.2, 0) is 6.54 Å². The summed E-state index contributed by atoms with van der Waals surface area (Å²) in [5.74, 6) is 1.07. The predicted octanol–water partition coefficient (Wildman–Crippen LogP) is 4.45. The Hall–Kier alpha value is -1.50. The van der Waals surface area contributed by atoms with Crippen LogP contribution >= 0.6 is 23.1 Å². The normalized spacial score (nSPS) is 16.5. The quantitative estimate of drug-likeness (QED) is 0.742. The molecule has 140 valence electrons. The Balaban J connectivity index is 1.46. The number of nitrogens with zero attached hydrogens (tertiary/aromatic N) is 2. The number of benzene rings is 1. The molecule has 1 aliphatic rings. The third-order valence-electron chi connectivity index (χ3n) is 4.65. The highest BCUT2D eigenvalue weighted by Gasteiger charge is 2.22. The van der Waals surface area contributed by atoms with Gasteiger partial charge in [0.15, 0.2) is 0 Å². The molecule has 4 nitrogen and oxygen atoms in total. The average Bonchev–Trinajstić information content (AvgIpc) is 3.16. The lowest BCUT2D eigenvalue weighted by atomic mass is 10.1. The van der Waals surface area contributed by atoms with Crippen LogP contribution in [0, 0.1) is 0 Å². The van der Waals surface area contributed by atoms with Gasteiger partial charge in [0.25, 0.3) is 0 Å². The van der Waals surface area contributed by atoms with Gasteiger partial charge >= 0.3 is 6.03 Å². The Morgan fingerprint density at radius 2 is 1.92 bits per heavy atom. The average molecular weight is 390 g/mol. The molecule has 0 saturated carbocycles. The Labute approximate surface area is 164 Å². The van der Waals surface area contributed by atoms with Gasteiger partial charge in [-0.05, 0) is 41.8 Å². The maximum absolute atomic E-state index is 12.6. The minimum absolute atomic E-state index is 0.0207. The first kappa shape index (κ1) is 19.3. The van der Waals surface area contributed by atoms with Crippen molar-refractivity contribution in [2.24, 2.45) is 0 Å². The van der Waals surface area contributed by atoms with E-state index in [2.05, 4.69) is 58.9 Å². The van der Waals surface area contributed by atoms with E-state index in [1.54, 1.807) is 11.3 Å². The van der Waals surface area contributed by atoms with Gasteiger partial charge in [0.1, 0.15) is 0 Å². The van der Waals surface area contributed by atoms with Gasteiger partial charge < -0.3 is 10.2 Å². The van der Waals surface area contributed by atoms with Crippen molar-refractivity contribution in [3.05, 3.63) is 52.2 Å². The highest BCUT2D eigenvalue weighted by molar-refractivity contribution is 7.99. The molecule has 1 saturated heterocycles. The van der Waals surface area contributed by atoms with Crippen LogP contribution in [-0.4, -0.2) is 47.8 Å². The number of rotatable bonds is 6. The zero-order valence-corrected chi connectivity index (χ0v) is 17.1. The summed E-state index contributed by atoms with van der Waals surface area (Å²) in [4.78, 5) is 19.6. The van der Waals surface area contributed by atoms with Crippen LogP contribution in [0.4, 0.5) is 4.79 Å². The zero-order valence-electron chi connectivity index (χ0n) is 15.5. The molecular formula is C20H27N3OS2. The lowest BCUT2D eigenvalue weighted by molar-refractivity contribution is 0.134. The molecule has 2 heterocycles. The topological polar surface area (TPSA) is 35.6 Å². The standard InChI is InChI=1S/C20H27N3OS2/c1-3-25-18-8-6-17(7-9-18)16(2)21-20(24)23-12-10-22(11-13-23)15-19-5-4-14-26-19/h4-9,14,16H,3,10-13,15H2,1-2H3,(H,21,24). The second-order valence-electron chi connectivity index (χ2n) is 6.52. The van der Waals surface area contributed by atoms with Gasteiger partial charge in [-0.25, -0.2) is 4.79 Å². The first-order chi connectivity index (χ1) is 12.7. The minimum Gasteiger partial charge on any atom is -0.331 e. The van der Waals surface area contributed by atoms with E-state index < -0.39 is 0 Å². The number of urea groups is 1. The first-order valence-electron chi connectivity index (χ1n) is 9.18. The van der Waals surface area contributed by atoms with E-state index in [0.717, 1.165) is 44.0 Å². The Morgan fingerprint density at radius 1 is 1.19 bits per heavy atom. The van der Waals surface area contributed by atoms with Crippen LogP contribution in [0.1, 0.15) is 30.3 Å². The van der Waals surface area contributed by atoms with Gasteiger partial charge in [0.05, 0.1) is 6.04 Å². The summed E-state index contributed by atoms with van der Waals surface area (Å²) >= 11 is 3.63. The number of hydrogen-bond donors (Lipinski definition) is 1. The van der Waals surface area contributed by atoms with Crippen LogP contribution < -0.4 is 5.32 Å². The van der Waals surface area contributed by atoms with Gasteiger partial charge in [-0.15, -0.1) is 23.1 Å². The van der Waals surface area contributed by atoms with E-state index in [0.29, 0.717) is 0 Å². The molecule has 0 radical (unpaired) electrons. The third kappa shape index (κ3) is 5.25. The van der Waals surface area contributed by atoms with Crippen LogP contribution in [0.15, 0.2) is 46.7 Å². The highest BCUT2D eigenvalue weighted by atomic mass is 32.2. The molecule has 1 unspecified atom stereocenters. The molecule has 26 heavy (non-hydrogen) atoms. The van der Waals surface area contributed by atoms with Gasteiger partial charge in [-0.3, -0.25) is 4.90 Å². The van der Waals surface area contributed by atoms with Crippen molar-refractivity contribution in [1.82, 2.24) is 15.1 Å². The molecule has 1 atom stereocenters. The number of thioether (sulfide) groups is 1. The van der Waals surface area contributed by atoms with Crippen LogP contribution in [0.25, 0.3) is 0 Å². The number of nitrogens with one attached hydrogen (secondary N) is 1. The molecule has 2 amide bonds. The fourth-order valence-electron chi connectivity index (χ4n) is 3.11. The Kier molecular flexibility index (Phi) is 7.00. The summed E-state index contributed by atoms with van der Waals surface area (Å²) < 4.78 is 0. The fraction of sp³-hybridized carbons (Fsp3) is 0.450. The van der Waals surface area contributed by atoms with Gasteiger partial charge in [0, 0.05) is 42.5 Å². The number of carbonyl (C=O) groups is 1. The Morgan fingerprint density at radius 3 is 2.54 bits per heavy atom. The monoisotopic (exact) mass is 389 g/mol. The molecular weight excluding hydrogens is 362 g/mol. The first-order valence-corrected chi connectivity index (χ1v) is 11.0. The van der Waals surface area contributed by atoms with E-state index >= 15 is 0 Å². The van der Waals surface area contributed by atoms with Gasteiger partial charge in [-0.2, -0.15) is 0 Å². The molecule has 1 fully saturated rings. The van der Waals surface area contributed by atoms with Crippen molar-refractivity contribution in [3.8, 4) is 0 Å². The number of hydrogen-bond acceptors (Lipinski definition) is 4. The number of piperazine rings is 1. The molecule has 1 aromatic heterocycles. The van der Waals surface area contributed by atoms with E-state index in [1.807, 2.05) is 23.6 Å². The fourth-order valence-corrected chi connectivity index (χ4v) is 4.52. The summed E-state index contributed by atoms with van der Waals surface area (Å²) in [5, 5.41) is 5.26. The number of amides is 2. The molecule has 3 rings (SSSR count). The molecule has 1 aromatic carbocycles. The van der Waals surface area contributed by atoms with Crippen molar-refractivity contribution in [3.63, 3.8) is 0 Å². The van der Waals surface area contributed by atoms with Crippen molar-refractivity contribution >= 4 is 29.1 Å². The zero-order chi connectivity index (χ0) is 18.4. The minimum atomic E-state index is 0.0207. The van der Waals surface area contributed by atoms with Crippen molar-refractivity contribution in [1.29, 1.82) is 0 Å². The maximum Gasteiger partial charge on any atom is 0.317 e. The van der Waals surface area contributed by atoms with E-state index in [9.17, 15) is 4.79 Å². The van der Waals surface area contributed by atoms with Gasteiger partial charge in [0.2, 0.25) is 0 Å². The molecule has 0 spiro atoms. The van der Waals surface area contributed by atoms with Gasteiger partial charge in [-0.1, -0.05) is 25.1 Å². The molecule has 6 heteroatoms. The van der Waals surface area contributed by atoms with E-state index in [-0.39, 0.29) is 12.1 Å². The van der Waals surface area contributed by atoms with E-state index in [4.69, 9.17) is 0 Å². The molecule has 0 aliphatic carbocycles. The predicted molar refractivity (Wildman–Crippen MR) is 111 cm³/mol. The SMILES string of the molecule is CCSc1ccc(C(C)NC(=O)N2CCN(Cc3cccs3)CC2)cc1. The largest absolute Gasteiger partial charge is 0.331 e. The summed E-state index contributed by atoms with van der Waals surface area (Å²) in [6.45, 7) is 8.64. The number of thiophene rings is 1. The lowest BCUT2D eigenvalue weighted by Crippen LogP contribution is -2.51. The summed E-state index contributed by atoms with van der Waals surface area (Å²) in [5.41, 5.74) is 1.15. The maximum atomic E-state index is 12.6. The van der Waals surface area contributed by atoms with Crippen molar-refractivity contribution < 1.29 is 4.79 Å². The smallest absolute Gasteiger partial charge is 0.317 e. The van der Waals surface area contributed by atoms with Crippen molar-refractivity contribution in [2.45, 2.75) is 31.3 Å². The molecule has 1 aliphatic heterocycles. The molecule has 1 N–H and O–H groups in total. The second kappa shape index (κ2) is 9.44. The molecule has 2 aromatic rings.